The molecule has 31 heavy (non-hydrogen) atoms. The van der Waals surface area contributed by atoms with Crippen molar-refractivity contribution in [1.82, 2.24) is 4.98 Å². The third-order valence-corrected chi connectivity index (χ3v) is 5.51. The van der Waals surface area contributed by atoms with Crippen LogP contribution in [0.3, 0.4) is 0 Å². The number of aryl methyl sites for hydroxylation is 3. The van der Waals surface area contributed by atoms with Crippen molar-refractivity contribution in [2.75, 3.05) is 0 Å². The molecular weight excluding hydrogens is 382 g/mol. The topological polar surface area (TPSA) is 31.4 Å². The first-order chi connectivity index (χ1) is 14.5. The van der Waals surface area contributed by atoms with Crippen molar-refractivity contribution in [2.24, 2.45) is 0 Å². The molecule has 0 bridgehead atoms. The van der Waals surface area contributed by atoms with Crippen LogP contribution in [0.2, 0.25) is 0 Å². The Morgan fingerprint density at radius 3 is 2.00 bits per heavy atom. The Bertz CT molecular complexity index is 1220. The standard InChI is InChI=1S/C16H17NO.C12H14O/c1-10-7-11(2)17-14-8-12-5-6-16(3,4)18-15(12)9-13(10)14;1-9-4-5-11-10(8-9)6-7-12(2,3)13-11/h5-9H,1-4H3;4-8H,1-3H3. The van der Waals surface area contributed by atoms with E-state index in [-0.39, 0.29) is 11.2 Å². The fourth-order valence-corrected chi connectivity index (χ4v) is 3.93. The molecule has 3 nitrogen and oxygen atoms in total. The van der Waals surface area contributed by atoms with Crippen LogP contribution < -0.4 is 9.47 Å². The number of nitrogens with zero attached hydrogens (tertiary/aromatic N) is 1. The van der Waals surface area contributed by atoms with E-state index in [1.165, 1.54) is 22.1 Å². The molecule has 0 amide bonds. The summed E-state index contributed by atoms with van der Waals surface area (Å²) in [5, 5.41) is 1.17. The Kier molecular flexibility index (Phi) is 5.17. The second-order valence-corrected chi connectivity index (χ2v) is 9.61. The Morgan fingerprint density at radius 1 is 0.710 bits per heavy atom. The molecule has 0 spiro atoms. The summed E-state index contributed by atoms with van der Waals surface area (Å²) in [7, 11) is 0. The van der Waals surface area contributed by atoms with Crippen LogP contribution >= 0.6 is 0 Å². The van der Waals surface area contributed by atoms with Crippen molar-refractivity contribution in [3.8, 4) is 11.5 Å². The van der Waals surface area contributed by atoms with Gasteiger partial charge in [-0.2, -0.15) is 0 Å². The summed E-state index contributed by atoms with van der Waals surface area (Å²) in [6.07, 6.45) is 8.43. The van der Waals surface area contributed by atoms with E-state index in [4.69, 9.17) is 9.47 Å². The van der Waals surface area contributed by atoms with Crippen LogP contribution in [-0.4, -0.2) is 16.2 Å². The summed E-state index contributed by atoms with van der Waals surface area (Å²) < 4.78 is 11.8. The molecular formula is C28H31NO2. The molecule has 160 valence electrons. The highest BCUT2D eigenvalue weighted by atomic mass is 16.5. The molecule has 0 fully saturated rings. The molecule has 0 N–H and O–H groups in total. The van der Waals surface area contributed by atoms with Crippen molar-refractivity contribution >= 4 is 23.1 Å². The fraction of sp³-hybridized carbons (Fsp3) is 0.321. The summed E-state index contributed by atoms with van der Waals surface area (Å²) in [6, 6.07) is 12.6. The largest absolute Gasteiger partial charge is 0.483 e. The first kappa shape index (κ1) is 21.2. The molecule has 0 saturated carbocycles. The maximum atomic E-state index is 6.00. The molecule has 0 saturated heterocycles. The summed E-state index contributed by atoms with van der Waals surface area (Å²) in [5.74, 6) is 1.93. The zero-order valence-corrected chi connectivity index (χ0v) is 19.5. The van der Waals surface area contributed by atoms with Gasteiger partial charge in [0.2, 0.25) is 0 Å². The van der Waals surface area contributed by atoms with Gasteiger partial charge >= 0.3 is 0 Å². The highest BCUT2D eigenvalue weighted by Crippen LogP contribution is 2.35. The minimum atomic E-state index is -0.229. The van der Waals surface area contributed by atoms with E-state index in [0.29, 0.717) is 0 Å². The predicted molar refractivity (Wildman–Crippen MR) is 130 cm³/mol. The number of ether oxygens (including phenoxy) is 2. The smallest absolute Gasteiger partial charge is 0.128 e. The van der Waals surface area contributed by atoms with Gasteiger partial charge in [0.25, 0.3) is 0 Å². The van der Waals surface area contributed by atoms with Crippen LogP contribution in [0, 0.1) is 20.8 Å². The van der Waals surface area contributed by atoms with Crippen LogP contribution in [0.15, 0.2) is 48.6 Å². The highest BCUT2D eigenvalue weighted by molar-refractivity contribution is 5.87. The average molecular weight is 414 g/mol. The lowest BCUT2D eigenvalue weighted by Gasteiger charge is -2.28. The van der Waals surface area contributed by atoms with Gasteiger partial charge in [0.15, 0.2) is 0 Å². The van der Waals surface area contributed by atoms with Gasteiger partial charge < -0.3 is 9.47 Å². The lowest BCUT2D eigenvalue weighted by atomic mass is 9.99. The quantitative estimate of drug-likeness (QED) is 0.390. The molecule has 5 rings (SSSR count). The average Bonchev–Trinajstić information content (AvgIpc) is 2.67. The zero-order valence-electron chi connectivity index (χ0n) is 19.5. The highest BCUT2D eigenvalue weighted by Gasteiger charge is 2.22. The molecule has 1 aromatic heterocycles. The van der Waals surface area contributed by atoms with Crippen molar-refractivity contribution in [3.63, 3.8) is 0 Å². The minimum absolute atomic E-state index is 0.164. The lowest BCUT2D eigenvalue weighted by molar-refractivity contribution is 0.158. The molecule has 3 heterocycles. The van der Waals surface area contributed by atoms with E-state index in [0.717, 1.165) is 28.3 Å². The van der Waals surface area contributed by atoms with Gasteiger partial charge in [0.05, 0.1) is 5.52 Å². The predicted octanol–water partition coefficient (Wildman–Crippen LogP) is 7.22. The second kappa shape index (κ2) is 7.56. The van der Waals surface area contributed by atoms with Crippen LogP contribution in [-0.2, 0) is 0 Å². The zero-order chi connectivity index (χ0) is 22.4. The number of aromatic nitrogens is 1. The molecule has 0 aliphatic carbocycles. The van der Waals surface area contributed by atoms with E-state index in [2.05, 4.69) is 101 Å². The normalized spacial score (nSPS) is 17.0. The molecule has 2 aromatic carbocycles. The van der Waals surface area contributed by atoms with Crippen molar-refractivity contribution in [1.29, 1.82) is 0 Å². The lowest BCUT2D eigenvalue weighted by Crippen LogP contribution is -2.27. The first-order valence-corrected chi connectivity index (χ1v) is 10.8. The van der Waals surface area contributed by atoms with Gasteiger partial charge in [-0.25, -0.2) is 0 Å². The molecule has 3 heteroatoms. The second-order valence-electron chi connectivity index (χ2n) is 9.61. The Hall–Kier alpha value is -3.07. The molecule has 2 aliphatic rings. The van der Waals surface area contributed by atoms with Crippen molar-refractivity contribution in [3.05, 3.63) is 76.5 Å². The maximum absolute atomic E-state index is 6.00. The van der Waals surface area contributed by atoms with Gasteiger partial charge in [0.1, 0.15) is 22.7 Å². The van der Waals surface area contributed by atoms with Crippen molar-refractivity contribution < 1.29 is 9.47 Å². The number of rotatable bonds is 0. The van der Waals surface area contributed by atoms with Crippen LogP contribution in [0.5, 0.6) is 11.5 Å². The number of pyridine rings is 1. The Labute approximate surface area is 185 Å². The van der Waals surface area contributed by atoms with Crippen LogP contribution in [0.1, 0.15) is 55.6 Å². The van der Waals surface area contributed by atoms with Crippen molar-refractivity contribution in [2.45, 2.75) is 59.7 Å². The molecule has 0 unspecified atom stereocenters. The maximum Gasteiger partial charge on any atom is 0.128 e. The Balaban J connectivity index is 0.000000158. The van der Waals surface area contributed by atoms with E-state index in [1.54, 1.807) is 0 Å². The number of benzene rings is 2. The summed E-state index contributed by atoms with van der Waals surface area (Å²) in [6.45, 7) is 14.5. The minimum Gasteiger partial charge on any atom is -0.483 e. The van der Waals surface area contributed by atoms with E-state index in [9.17, 15) is 0 Å². The van der Waals surface area contributed by atoms with E-state index >= 15 is 0 Å². The first-order valence-electron chi connectivity index (χ1n) is 10.8. The summed E-state index contributed by atoms with van der Waals surface area (Å²) >= 11 is 0. The number of hydrogen-bond donors (Lipinski definition) is 0. The SMILES string of the molecule is Cc1cc(C)c2cc3c(cc2n1)C=CC(C)(C)O3.Cc1ccc2c(c1)C=CC(C)(C)O2. The molecule has 2 aliphatic heterocycles. The van der Waals surface area contributed by atoms with E-state index < -0.39 is 0 Å². The summed E-state index contributed by atoms with van der Waals surface area (Å²) in [5.41, 5.74) is 6.51. The van der Waals surface area contributed by atoms with Crippen LogP contribution in [0.25, 0.3) is 23.1 Å². The number of hydrogen-bond acceptors (Lipinski definition) is 3. The van der Waals surface area contributed by atoms with Gasteiger partial charge in [-0.3, -0.25) is 4.98 Å². The molecule has 0 atom stereocenters. The van der Waals surface area contributed by atoms with Crippen LogP contribution in [0.4, 0.5) is 0 Å². The van der Waals surface area contributed by atoms with Gasteiger partial charge in [0, 0.05) is 22.2 Å². The summed E-state index contributed by atoms with van der Waals surface area (Å²) in [4.78, 5) is 4.59. The fourth-order valence-electron chi connectivity index (χ4n) is 3.93. The Morgan fingerprint density at radius 2 is 1.32 bits per heavy atom. The van der Waals surface area contributed by atoms with Gasteiger partial charge in [-0.05, 0) is 96.5 Å². The third-order valence-electron chi connectivity index (χ3n) is 5.51. The van der Waals surface area contributed by atoms with Gasteiger partial charge in [-0.1, -0.05) is 23.8 Å². The molecule has 0 radical (unpaired) electrons. The van der Waals surface area contributed by atoms with Gasteiger partial charge in [-0.15, -0.1) is 0 Å². The van der Waals surface area contributed by atoms with E-state index in [1.807, 2.05) is 13.0 Å². The molecule has 3 aromatic rings. The third kappa shape index (κ3) is 4.66. The number of fused-ring (bicyclic) bond motifs is 3. The monoisotopic (exact) mass is 413 g/mol.